The number of aromatic nitrogens is 2. The van der Waals surface area contributed by atoms with Crippen molar-refractivity contribution in [1.29, 1.82) is 0 Å². The molecule has 82 valence electrons. The fourth-order valence-corrected chi connectivity index (χ4v) is 2.45. The highest BCUT2D eigenvalue weighted by Gasteiger charge is 2.27. The van der Waals surface area contributed by atoms with Crippen molar-refractivity contribution in [2.45, 2.75) is 49.3 Å². The summed E-state index contributed by atoms with van der Waals surface area (Å²) >= 11 is 7.77. The lowest BCUT2D eigenvalue weighted by atomic mass is 10.4. The Morgan fingerprint density at radius 2 is 2.27 bits per heavy atom. The lowest BCUT2D eigenvalue weighted by Gasteiger charge is -2.08. The zero-order valence-corrected chi connectivity index (χ0v) is 10.6. The van der Waals surface area contributed by atoms with Crippen molar-refractivity contribution in [2.75, 3.05) is 0 Å². The van der Waals surface area contributed by atoms with Crippen molar-refractivity contribution < 1.29 is 0 Å². The molecule has 1 aliphatic rings. The van der Waals surface area contributed by atoms with E-state index in [1.54, 1.807) is 11.8 Å². The fraction of sp³-hybridized carbons (Fsp3) is 0.636. The lowest BCUT2D eigenvalue weighted by molar-refractivity contribution is 0.863. The summed E-state index contributed by atoms with van der Waals surface area (Å²) in [5, 5.41) is 2.19. The zero-order valence-electron chi connectivity index (χ0n) is 9.03. The second-order valence-electron chi connectivity index (χ2n) is 4.00. The molecule has 1 atom stereocenters. The summed E-state index contributed by atoms with van der Waals surface area (Å²) in [5.74, 6) is 1.51. The third-order valence-electron chi connectivity index (χ3n) is 2.53. The van der Waals surface area contributed by atoms with Gasteiger partial charge < -0.3 is 0 Å². The molecule has 15 heavy (non-hydrogen) atoms. The Bertz CT molecular complexity index is 352. The number of thioether (sulfide) groups is 1. The Balaban J connectivity index is 2.15. The molecule has 1 aromatic rings. The Morgan fingerprint density at radius 1 is 1.53 bits per heavy atom. The van der Waals surface area contributed by atoms with Gasteiger partial charge in [0, 0.05) is 17.2 Å². The second-order valence-corrected chi connectivity index (χ2v) is 5.84. The topological polar surface area (TPSA) is 25.8 Å². The van der Waals surface area contributed by atoms with E-state index in [1.807, 2.05) is 6.07 Å². The molecule has 0 saturated heterocycles. The van der Waals surface area contributed by atoms with Crippen molar-refractivity contribution in [3.8, 4) is 0 Å². The van der Waals surface area contributed by atoms with Crippen LogP contribution in [0.15, 0.2) is 11.1 Å². The van der Waals surface area contributed by atoms with Crippen molar-refractivity contribution in [3.63, 3.8) is 0 Å². The van der Waals surface area contributed by atoms with E-state index in [9.17, 15) is 0 Å². The molecular formula is C11H15ClN2S. The first-order valence-electron chi connectivity index (χ1n) is 5.40. The van der Waals surface area contributed by atoms with Crippen molar-refractivity contribution in [2.24, 2.45) is 0 Å². The van der Waals surface area contributed by atoms with Gasteiger partial charge in [0.2, 0.25) is 0 Å². The number of hydrogen-bond donors (Lipinski definition) is 0. The first kappa shape index (κ1) is 11.2. The molecule has 1 saturated carbocycles. The average Bonchev–Trinajstić information content (AvgIpc) is 2.99. The highest BCUT2D eigenvalue weighted by Crippen LogP contribution is 2.39. The van der Waals surface area contributed by atoms with Crippen molar-refractivity contribution >= 4 is 23.4 Å². The van der Waals surface area contributed by atoms with Crippen LogP contribution in [0.1, 0.15) is 44.9 Å². The molecule has 0 bridgehead atoms. The van der Waals surface area contributed by atoms with Crippen molar-refractivity contribution in [3.05, 3.63) is 17.0 Å². The normalized spacial score (nSPS) is 17.8. The standard InChI is InChI=1S/C11H15ClN2S/c1-3-7(2)15-10-6-9(12)13-11(14-10)8-4-5-8/h6-8H,3-5H2,1-2H3. The molecule has 4 heteroatoms. The number of hydrogen-bond acceptors (Lipinski definition) is 3. The van der Waals surface area contributed by atoms with Gasteiger partial charge in [0.25, 0.3) is 0 Å². The van der Waals surface area contributed by atoms with Gasteiger partial charge in [0.1, 0.15) is 16.0 Å². The van der Waals surface area contributed by atoms with Crippen LogP contribution in [0.3, 0.4) is 0 Å². The number of rotatable bonds is 4. The van der Waals surface area contributed by atoms with Crippen LogP contribution in [0.2, 0.25) is 5.15 Å². The summed E-state index contributed by atoms with van der Waals surface area (Å²) in [4.78, 5) is 8.82. The molecule has 1 fully saturated rings. The van der Waals surface area contributed by atoms with Gasteiger partial charge in [-0.25, -0.2) is 9.97 Å². The van der Waals surface area contributed by atoms with E-state index in [2.05, 4.69) is 23.8 Å². The lowest BCUT2D eigenvalue weighted by Crippen LogP contribution is -1.98. The third kappa shape index (κ3) is 3.08. The zero-order chi connectivity index (χ0) is 10.8. The van der Waals surface area contributed by atoms with Gasteiger partial charge in [-0.2, -0.15) is 0 Å². The maximum atomic E-state index is 5.98. The Morgan fingerprint density at radius 3 is 2.87 bits per heavy atom. The smallest absolute Gasteiger partial charge is 0.134 e. The summed E-state index contributed by atoms with van der Waals surface area (Å²) in [5.41, 5.74) is 0. The maximum absolute atomic E-state index is 5.98. The molecule has 1 heterocycles. The quantitative estimate of drug-likeness (QED) is 0.592. The SMILES string of the molecule is CCC(C)Sc1cc(Cl)nc(C2CC2)n1. The summed E-state index contributed by atoms with van der Waals surface area (Å²) < 4.78 is 0. The summed E-state index contributed by atoms with van der Waals surface area (Å²) in [6.07, 6.45) is 3.58. The van der Waals surface area contributed by atoms with Gasteiger partial charge in [-0.3, -0.25) is 0 Å². The van der Waals surface area contributed by atoms with E-state index in [0.717, 1.165) is 17.3 Å². The van der Waals surface area contributed by atoms with Gasteiger partial charge in [-0.05, 0) is 19.3 Å². The van der Waals surface area contributed by atoms with Crippen LogP contribution in [-0.2, 0) is 0 Å². The molecule has 2 nitrogen and oxygen atoms in total. The minimum Gasteiger partial charge on any atom is -0.226 e. The van der Waals surface area contributed by atoms with Gasteiger partial charge in [0.15, 0.2) is 0 Å². The molecule has 1 aliphatic carbocycles. The van der Waals surface area contributed by atoms with Crippen LogP contribution in [-0.4, -0.2) is 15.2 Å². The van der Waals surface area contributed by atoms with Crippen LogP contribution in [0.25, 0.3) is 0 Å². The molecule has 0 spiro atoms. The van der Waals surface area contributed by atoms with Gasteiger partial charge in [-0.1, -0.05) is 25.4 Å². The van der Waals surface area contributed by atoms with Gasteiger partial charge >= 0.3 is 0 Å². The monoisotopic (exact) mass is 242 g/mol. The minimum atomic E-state index is 0.569. The Labute approximate surface area is 99.8 Å². The first-order chi connectivity index (χ1) is 7.19. The highest BCUT2D eigenvalue weighted by molar-refractivity contribution is 7.99. The maximum Gasteiger partial charge on any atom is 0.134 e. The molecule has 0 radical (unpaired) electrons. The third-order valence-corrected chi connectivity index (χ3v) is 3.91. The molecule has 1 unspecified atom stereocenters. The average molecular weight is 243 g/mol. The highest BCUT2D eigenvalue weighted by atomic mass is 35.5. The molecule has 0 amide bonds. The molecule has 2 rings (SSSR count). The fourth-order valence-electron chi connectivity index (χ4n) is 1.29. The van der Waals surface area contributed by atoms with Crippen molar-refractivity contribution in [1.82, 2.24) is 9.97 Å². The predicted octanol–water partition coefficient (Wildman–Crippen LogP) is 3.90. The molecular weight excluding hydrogens is 228 g/mol. The van der Waals surface area contributed by atoms with Gasteiger partial charge in [-0.15, -0.1) is 11.8 Å². The van der Waals surface area contributed by atoms with E-state index < -0.39 is 0 Å². The summed E-state index contributed by atoms with van der Waals surface area (Å²) in [6.45, 7) is 4.39. The summed E-state index contributed by atoms with van der Waals surface area (Å²) in [7, 11) is 0. The van der Waals surface area contributed by atoms with Crippen LogP contribution in [0.5, 0.6) is 0 Å². The number of nitrogens with zero attached hydrogens (tertiary/aromatic N) is 2. The first-order valence-corrected chi connectivity index (χ1v) is 6.66. The second kappa shape index (κ2) is 4.71. The van der Waals surface area contributed by atoms with E-state index in [4.69, 9.17) is 11.6 Å². The van der Waals surface area contributed by atoms with E-state index in [1.165, 1.54) is 12.8 Å². The minimum absolute atomic E-state index is 0.569. The predicted molar refractivity (Wildman–Crippen MR) is 64.6 cm³/mol. The summed E-state index contributed by atoms with van der Waals surface area (Å²) in [6, 6.07) is 1.87. The van der Waals surface area contributed by atoms with E-state index >= 15 is 0 Å². The van der Waals surface area contributed by atoms with Crippen LogP contribution >= 0.6 is 23.4 Å². The van der Waals surface area contributed by atoms with Crippen LogP contribution < -0.4 is 0 Å². The number of halogens is 1. The van der Waals surface area contributed by atoms with Crippen LogP contribution in [0.4, 0.5) is 0 Å². The Hall–Kier alpha value is -0.280. The van der Waals surface area contributed by atoms with E-state index in [-0.39, 0.29) is 0 Å². The van der Waals surface area contributed by atoms with E-state index in [0.29, 0.717) is 16.3 Å². The molecule has 1 aromatic heterocycles. The molecule has 0 aromatic carbocycles. The largest absolute Gasteiger partial charge is 0.226 e. The van der Waals surface area contributed by atoms with Gasteiger partial charge in [0.05, 0.1) is 0 Å². The Kier molecular flexibility index (Phi) is 3.52. The van der Waals surface area contributed by atoms with Crippen LogP contribution in [0, 0.1) is 0 Å². The molecule has 0 aliphatic heterocycles. The molecule has 0 N–H and O–H groups in total.